The summed E-state index contributed by atoms with van der Waals surface area (Å²) in [6.07, 6.45) is 3.74. The molecule has 7 heavy (non-hydrogen) atoms. The van der Waals surface area contributed by atoms with Gasteiger partial charge in [-0.2, -0.15) is 0 Å². The summed E-state index contributed by atoms with van der Waals surface area (Å²) in [6, 6.07) is 0. The summed E-state index contributed by atoms with van der Waals surface area (Å²) in [5, 5.41) is 0. The first-order chi connectivity index (χ1) is 2.89. The molecule has 0 aromatic carbocycles. The summed E-state index contributed by atoms with van der Waals surface area (Å²) in [7, 11) is 0. The molecule has 0 aliphatic heterocycles. The molecule has 0 unspecified atom stereocenters. The van der Waals surface area contributed by atoms with Crippen LogP contribution in [0.5, 0.6) is 0 Å². The van der Waals surface area contributed by atoms with E-state index in [4.69, 9.17) is 0 Å². The molecular formula is C3HBrLiNO. The summed E-state index contributed by atoms with van der Waals surface area (Å²) in [4.78, 5) is 3.61. The van der Waals surface area contributed by atoms with Crippen molar-refractivity contribution in [1.29, 1.82) is 0 Å². The Balaban J connectivity index is 0.000000360. The molecule has 0 amide bonds. The fraction of sp³-hybridized carbons (Fsp3) is 0. The van der Waals surface area contributed by atoms with E-state index in [0.29, 0.717) is 4.60 Å². The molecule has 0 fully saturated rings. The van der Waals surface area contributed by atoms with Crippen LogP contribution in [0.2, 0.25) is 0 Å². The van der Waals surface area contributed by atoms with Gasteiger partial charge in [-0.25, -0.2) is 0 Å². The third-order valence-electron chi connectivity index (χ3n) is 0.362. The molecule has 0 aliphatic carbocycles. The Bertz CT molecular complexity index is 118. The Hall–Kier alpha value is 0.287. The van der Waals surface area contributed by atoms with E-state index in [1.807, 2.05) is 0 Å². The first kappa shape index (κ1) is 7.29. The van der Waals surface area contributed by atoms with Gasteiger partial charge in [0.2, 0.25) is 0 Å². The predicted molar refractivity (Wildman–Crippen MR) is 23.0 cm³/mol. The average molecular weight is 154 g/mol. The summed E-state index contributed by atoms with van der Waals surface area (Å²) < 4.78 is 5.04. The Morgan fingerprint density at radius 2 is 2.57 bits per heavy atom. The van der Waals surface area contributed by atoms with Gasteiger partial charge in [-0.1, -0.05) is 15.9 Å². The molecule has 0 saturated heterocycles. The van der Waals surface area contributed by atoms with Crippen LogP contribution in [0.25, 0.3) is 0 Å². The SMILES string of the molecule is Brc1[c-]ocn1.[Li+]. The number of nitrogens with zero attached hydrogens (tertiary/aromatic N) is 1. The molecule has 32 valence electrons. The Morgan fingerprint density at radius 3 is 2.71 bits per heavy atom. The molecule has 0 atom stereocenters. The van der Waals surface area contributed by atoms with Crippen LogP contribution in [-0.4, -0.2) is 4.98 Å². The van der Waals surface area contributed by atoms with Gasteiger partial charge in [-0.3, -0.25) is 0 Å². The molecule has 1 rings (SSSR count). The van der Waals surface area contributed by atoms with Crippen molar-refractivity contribution in [3.63, 3.8) is 0 Å². The Kier molecular flexibility index (Phi) is 3.45. The summed E-state index contributed by atoms with van der Waals surface area (Å²) in [5.41, 5.74) is 0. The Labute approximate surface area is 61.6 Å². The van der Waals surface area contributed by atoms with Gasteiger partial charge in [0.15, 0.2) is 0 Å². The zero-order valence-electron chi connectivity index (χ0n) is 3.81. The van der Waals surface area contributed by atoms with Crippen molar-refractivity contribution >= 4 is 15.9 Å². The summed E-state index contributed by atoms with van der Waals surface area (Å²) in [5.74, 6) is 0. The maximum atomic E-state index is 4.43. The summed E-state index contributed by atoms with van der Waals surface area (Å²) in [6.45, 7) is 0. The van der Waals surface area contributed by atoms with Crippen molar-refractivity contribution in [3.8, 4) is 0 Å². The van der Waals surface area contributed by atoms with Crippen LogP contribution in [0.3, 0.4) is 0 Å². The topological polar surface area (TPSA) is 26.0 Å². The van der Waals surface area contributed by atoms with Crippen molar-refractivity contribution in [3.05, 3.63) is 17.3 Å². The molecule has 0 bridgehead atoms. The zero-order chi connectivity index (χ0) is 4.41. The van der Waals surface area contributed by atoms with E-state index in [9.17, 15) is 0 Å². The largest absolute Gasteiger partial charge is 1.00 e. The first-order valence-electron chi connectivity index (χ1n) is 1.36. The molecule has 0 saturated carbocycles. The van der Waals surface area contributed by atoms with Crippen LogP contribution in [-0.2, 0) is 0 Å². The third-order valence-corrected chi connectivity index (χ3v) is 0.729. The van der Waals surface area contributed by atoms with E-state index < -0.39 is 0 Å². The van der Waals surface area contributed by atoms with Crippen molar-refractivity contribution in [2.45, 2.75) is 0 Å². The van der Waals surface area contributed by atoms with Crippen LogP contribution in [0.1, 0.15) is 0 Å². The quantitative estimate of drug-likeness (QED) is 0.326. The van der Waals surface area contributed by atoms with Crippen molar-refractivity contribution in [2.24, 2.45) is 0 Å². The molecule has 1 aromatic heterocycles. The van der Waals surface area contributed by atoms with Crippen LogP contribution >= 0.6 is 15.9 Å². The van der Waals surface area contributed by atoms with Gasteiger partial charge in [0.1, 0.15) is 0 Å². The number of hydrogen-bond acceptors (Lipinski definition) is 2. The van der Waals surface area contributed by atoms with E-state index in [1.165, 1.54) is 6.39 Å². The second-order valence-corrected chi connectivity index (χ2v) is 1.50. The number of rotatable bonds is 0. The third kappa shape index (κ3) is 2.18. The number of oxazole rings is 1. The van der Waals surface area contributed by atoms with Gasteiger partial charge in [-0.15, -0.1) is 0 Å². The minimum atomic E-state index is 0. The second kappa shape index (κ2) is 3.31. The molecule has 0 aliphatic rings. The van der Waals surface area contributed by atoms with Crippen LogP contribution in [0.4, 0.5) is 0 Å². The number of aromatic nitrogens is 1. The van der Waals surface area contributed by atoms with Crippen LogP contribution in [0, 0.1) is 6.26 Å². The average Bonchev–Trinajstić information content (AvgIpc) is 1.86. The second-order valence-electron chi connectivity index (χ2n) is 0.745. The van der Waals surface area contributed by atoms with Crippen molar-refractivity contribution in [2.75, 3.05) is 0 Å². The Morgan fingerprint density at radius 1 is 1.86 bits per heavy atom. The van der Waals surface area contributed by atoms with Gasteiger partial charge in [0, 0.05) is 11.0 Å². The summed E-state index contributed by atoms with van der Waals surface area (Å²) >= 11 is 3.02. The fourth-order valence-corrected chi connectivity index (χ4v) is 0.351. The van der Waals surface area contributed by atoms with Crippen molar-refractivity contribution < 1.29 is 23.3 Å². The van der Waals surface area contributed by atoms with E-state index in [0.717, 1.165) is 0 Å². The first-order valence-corrected chi connectivity index (χ1v) is 2.15. The minimum absolute atomic E-state index is 0. The molecule has 0 radical (unpaired) electrons. The smallest absolute Gasteiger partial charge is 0.631 e. The van der Waals surface area contributed by atoms with E-state index in [2.05, 4.69) is 31.6 Å². The van der Waals surface area contributed by atoms with E-state index >= 15 is 0 Å². The molecule has 0 N–H and O–H groups in total. The molecule has 1 aromatic rings. The number of halogens is 1. The zero-order valence-corrected chi connectivity index (χ0v) is 5.40. The van der Waals surface area contributed by atoms with Crippen LogP contribution in [0.15, 0.2) is 15.4 Å². The van der Waals surface area contributed by atoms with Gasteiger partial charge in [0.05, 0.1) is 0 Å². The predicted octanol–water partition coefficient (Wildman–Crippen LogP) is -1.76. The molecule has 1 heterocycles. The van der Waals surface area contributed by atoms with Gasteiger partial charge in [-0.05, 0) is 6.26 Å². The monoisotopic (exact) mass is 153 g/mol. The molecule has 4 heteroatoms. The molecule has 2 nitrogen and oxygen atoms in total. The fourth-order valence-electron chi connectivity index (χ4n) is 0.174. The van der Waals surface area contributed by atoms with E-state index in [-0.39, 0.29) is 18.9 Å². The number of hydrogen-bond donors (Lipinski definition) is 0. The van der Waals surface area contributed by atoms with Crippen molar-refractivity contribution in [1.82, 2.24) is 4.98 Å². The maximum absolute atomic E-state index is 4.43. The molecule has 0 spiro atoms. The molecular weight excluding hydrogens is 153 g/mol. The van der Waals surface area contributed by atoms with Gasteiger partial charge < -0.3 is 9.40 Å². The van der Waals surface area contributed by atoms with E-state index in [1.54, 1.807) is 0 Å². The standard InChI is InChI=1S/C3HBrNO.Li/c4-3-1-6-2-5-3;/h2H;/q-1;+1. The van der Waals surface area contributed by atoms with Gasteiger partial charge in [0.25, 0.3) is 0 Å². The minimum Gasteiger partial charge on any atom is -0.631 e. The maximum Gasteiger partial charge on any atom is 1.00 e. The van der Waals surface area contributed by atoms with Crippen LogP contribution < -0.4 is 18.9 Å². The van der Waals surface area contributed by atoms with Gasteiger partial charge >= 0.3 is 18.9 Å². The normalized spacial score (nSPS) is 7.57.